The Bertz CT molecular complexity index is 608. The Hall–Kier alpha value is -1.52. The summed E-state index contributed by atoms with van der Waals surface area (Å²) in [6, 6.07) is 7.82. The summed E-state index contributed by atoms with van der Waals surface area (Å²) in [5.74, 6) is 0.794. The molecule has 0 saturated heterocycles. The average Bonchev–Trinajstić information content (AvgIpc) is 2.81. The fourth-order valence-electron chi connectivity index (χ4n) is 2.19. The Labute approximate surface area is 130 Å². The number of halogens is 1. The van der Waals surface area contributed by atoms with E-state index in [0.717, 1.165) is 35.7 Å². The van der Waals surface area contributed by atoms with Crippen molar-refractivity contribution in [2.45, 2.75) is 46.4 Å². The van der Waals surface area contributed by atoms with Gasteiger partial charge in [-0.1, -0.05) is 30.7 Å². The maximum atomic E-state index is 6.37. The second kappa shape index (κ2) is 6.96. The van der Waals surface area contributed by atoms with E-state index in [9.17, 15) is 0 Å². The van der Waals surface area contributed by atoms with Crippen molar-refractivity contribution in [3.05, 3.63) is 46.2 Å². The summed E-state index contributed by atoms with van der Waals surface area (Å²) in [6.45, 7) is 7.23. The van der Waals surface area contributed by atoms with Gasteiger partial charge in [0.2, 0.25) is 0 Å². The molecule has 114 valence electrons. The van der Waals surface area contributed by atoms with Gasteiger partial charge in [0.1, 0.15) is 12.4 Å². The van der Waals surface area contributed by atoms with Crippen molar-refractivity contribution in [3.63, 3.8) is 0 Å². The molecule has 0 aliphatic rings. The molecule has 5 heteroatoms. The molecule has 0 saturated carbocycles. The van der Waals surface area contributed by atoms with Gasteiger partial charge >= 0.3 is 0 Å². The first kappa shape index (κ1) is 15.9. The second-order valence-corrected chi connectivity index (χ2v) is 5.40. The van der Waals surface area contributed by atoms with Crippen LogP contribution in [-0.2, 0) is 19.6 Å². The van der Waals surface area contributed by atoms with Gasteiger partial charge in [-0.3, -0.25) is 4.68 Å². The van der Waals surface area contributed by atoms with E-state index in [1.165, 1.54) is 0 Å². The van der Waals surface area contributed by atoms with Crippen LogP contribution in [0.2, 0.25) is 5.02 Å². The predicted octanol–water partition coefficient (Wildman–Crippen LogP) is 3.72. The van der Waals surface area contributed by atoms with Gasteiger partial charge in [0.25, 0.3) is 0 Å². The van der Waals surface area contributed by atoms with Crippen LogP contribution in [0.25, 0.3) is 0 Å². The third-order valence-corrected chi connectivity index (χ3v) is 3.89. The molecule has 0 aliphatic heterocycles. The average molecular weight is 308 g/mol. The van der Waals surface area contributed by atoms with Gasteiger partial charge in [0.05, 0.1) is 16.4 Å². The highest BCUT2D eigenvalue weighted by Gasteiger charge is 2.14. The van der Waals surface area contributed by atoms with Crippen LogP contribution in [0.15, 0.2) is 24.3 Å². The molecule has 21 heavy (non-hydrogen) atoms. The van der Waals surface area contributed by atoms with E-state index in [1.54, 1.807) is 0 Å². The fraction of sp³-hybridized carbons (Fsp3) is 0.438. The van der Waals surface area contributed by atoms with Gasteiger partial charge in [-0.2, -0.15) is 5.10 Å². The number of benzene rings is 1. The predicted molar refractivity (Wildman–Crippen MR) is 85.7 cm³/mol. The molecule has 1 aromatic carbocycles. The van der Waals surface area contributed by atoms with E-state index >= 15 is 0 Å². The van der Waals surface area contributed by atoms with Crippen molar-refractivity contribution in [2.24, 2.45) is 5.73 Å². The van der Waals surface area contributed by atoms with Gasteiger partial charge in [-0.25, -0.2) is 0 Å². The molecule has 0 unspecified atom stereocenters. The number of ether oxygens (including phenoxy) is 1. The Kier molecular flexibility index (Phi) is 5.26. The van der Waals surface area contributed by atoms with Gasteiger partial charge in [-0.15, -0.1) is 0 Å². The van der Waals surface area contributed by atoms with Crippen LogP contribution < -0.4 is 10.5 Å². The Morgan fingerprint density at radius 1 is 1.38 bits per heavy atom. The van der Waals surface area contributed by atoms with E-state index in [-0.39, 0.29) is 6.04 Å². The highest BCUT2D eigenvalue weighted by Crippen LogP contribution is 2.24. The van der Waals surface area contributed by atoms with E-state index in [2.05, 4.69) is 5.10 Å². The largest absolute Gasteiger partial charge is 0.487 e. The Morgan fingerprint density at radius 3 is 2.76 bits per heavy atom. The van der Waals surface area contributed by atoms with Crippen LogP contribution in [0.1, 0.15) is 43.8 Å². The molecule has 1 heterocycles. The van der Waals surface area contributed by atoms with Crippen LogP contribution in [0, 0.1) is 0 Å². The zero-order chi connectivity index (χ0) is 15.4. The number of rotatable bonds is 6. The standard InChI is InChI=1S/C16H22ClN3O/c1-4-14-16(17)15(20(5-2)19-14)10-21-13-8-6-7-12(9-13)11(3)18/h6-9,11H,4-5,10,18H2,1-3H3/t11-/m0/s1. The molecule has 2 N–H and O–H groups in total. The van der Waals surface area contributed by atoms with Crippen molar-refractivity contribution in [2.75, 3.05) is 0 Å². The minimum atomic E-state index is -0.00926. The molecule has 0 bridgehead atoms. The van der Waals surface area contributed by atoms with Crippen molar-refractivity contribution in [1.29, 1.82) is 0 Å². The van der Waals surface area contributed by atoms with E-state index in [0.29, 0.717) is 11.6 Å². The first-order valence-electron chi connectivity index (χ1n) is 7.29. The minimum absolute atomic E-state index is 0.00926. The van der Waals surface area contributed by atoms with E-state index in [1.807, 2.05) is 49.7 Å². The lowest BCUT2D eigenvalue weighted by atomic mass is 10.1. The molecule has 2 aromatic rings. The Balaban J connectivity index is 2.16. The summed E-state index contributed by atoms with van der Waals surface area (Å²) in [5, 5.41) is 5.20. The second-order valence-electron chi connectivity index (χ2n) is 5.03. The van der Waals surface area contributed by atoms with Crippen LogP contribution in [0.5, 0.6) is 5.75 Å². The molecule has 1 atom stereocenters. The number of nitrogens with zero attached hydrogens (tertiary/aromatic N) is 2. The van der Waals surface area contributed by atoms with E-state index in [4.69, 9.17) is 22.1 Å². The SMILES string of the molecule is CCc1nn(CC)c(COc2cccc([C@H](C)N)c2)c1Cl. The monoisotopic (exact) mass is 307 g/mol. The Morgan fingerprint density at radius 2 is 2.14 bits per heavy atom. The highest BCUT2D eigenvalue weighted by molar-refractivity contribution is 6.31. The third kappa shape index (κ3) is 3.57. The smallest absolute Gasteiger partial charge is 0.131 e. The van der Waals surface area contributed by atoms with Crippen molar-refractivity contribution >= 4 is 11.6 Å². The molecule has 0 aliphatic carbocycles. The summed E-state index contributed by atoms with van der Waals surface area (Å²) < 4.78 is 7.76. The lowest BCUT2D eigenvalue weighted by Gasteiger charge is -2.11. The summed E-state index contributed by atoms with van der Waals surface area (Å²) in [5.41, 5.74) is 8.78. The number of nitrogens with two attached hydrogens (primary N) is 1. The lowest BCUT2D eigenvalue weighted by Crippen LogP contribution is -2.08. The first-order valence-corrected chi connectivity index (χ1v) is 7.67. The number of hydrogen-bond acceptors (Lipinski definition) is 3. The number of hydrogen-bond donors (Lipinski definition) is 1. The van der Waals surface area contributed by atoms with Crippen LogP contribution >= 0.6 is 11.6 Å². The minimum Gasteiger partial charge on any atom is -0.487 e. The molecule has 1 aromatic heterocycles. The maximum absolute atomic E-state index is 6.37. The van der Waals surface area contributed by atoms with Crippen molar-refractivity contribution in [1.82, 2.24) is 9.78 Å². The summed E-state index contributed by atoms with van der Waals surface area (Å²) in [4.78, 5) is 0. The van der Waals surface area contributed by atoms with Gasteiger partial charge in [-0.05, 0) is 38.0 Å². The van der Waals surface area contributed by atoms with Crippen LogP contribution in [0.4, 0.5) is 0 Å². The van der Waals surface area contributed by atoms with Gasteiger partial charge in [0, 0.05) is 12.6 Å². The fourth-order valence-corrected chi connectivity index (χ4v) is 2.52. The first-order chi connectivity index (χ1) is 10.1. The molecular weight excluding hydrogens is 286 g/mol. The molecule has 0 radical (unpaired) electrons. The molecule has 0 amide bonds. The lowest BCUT2D eigenvalue weighted by molar-refractivity contribution is 0.292. The molecule has 0 spiro atoms. The molecule has 2 rings (SSSR count). The van der Waals surface area contributed by atoms with E-state index < -0.39 is 0 Å². The van der Waals surface area contributed by atoms with Crippen LogP contribution in [-0.4, -0.2) is 9.78 Å². The van der Waals surface area contributed by atoms with Crippen LogP contribution in [0.3, 0.4) is 0 Å². The zero-order valence-corrected chi connectivity index (χ0v) is 13.5. The maximum Gasteiger partial charge on any atom is 0.131 e. The number of aryl methyl sites for hydroxylation is 2. The highest BCUT2D eigenvalue weighted by atomic mass is 35.5. The van der Waals surface area contributed by atoms with Gasteiger partial charge in [0.15, 0.2) is 0 Å². The molecule has 0 fully saturated rings. The normalized spacial score (nSPS) is 12.4. The summed E-state index contributed by atoms with van der Waals surface area (Å²) >= 11 is 6.37. The number of aromatic nitrogens is 2. The quantitative estimate of drug-likeness (QED) is 0.885. The summed E-state index contributed by atoms with van der Waals surface area (Å²) in [7, 11) is 0. The third-order valence-electron chi connectivity index (χ3n) is 3.45. The molecular formula is C16H22ClN3O. The van der Waals surface area contributed by atoms with Gasteiger partial charge < -0.3 is 10.5 Å². The van der Waals surface area contributed by atoms with Crippen molar-refractivity contribution < 1.29 is 4.74 Å². The molecule has 4 nitrogen and oxygen atoms in total. The zero-order valence-electron chi connectivity index (χ0n) is 12.8. The topological polar surface area (TPSA) is 53.1 Å². The summed E-state index contributed by atoms with van der Waals surface area (Å²) in [6.07, 6.45) is 0.818. The van der Waals surface area contributed by atoms with Crippen molar-refractivity contribution in [3.8, 4) is 5.75 Å².